The Balaban J connectivity index is 1.94. The zero-order chi connectivity index (χ0) is 19.6. The molecule has 5 rings (SSSR count). The number of hydrogen-bond donors (Lipinski definition) is 2. The molecular weight excluding hydrogens is 354 g/mol. The molecule has 7 nitrogen and oxygen atoms in total. The van der Waals surface area contributed by atoms with Crippen LogP contribution in [0.4, 0.5) is 11.5 Å². The summed E-state index contributed by atoms with van der Waals surface area (Å²) in [6.07, 6.45) is 1.79. The molecule has 2 aromatic heterocycles. The van der Waals surface area contributed by atoms with Gasteiger partial charge in [-0.3, -0.25) is 19.0 Å². The molecule has 0 bridgehead atoms. The van der Waals surface area contributed by atoms with Gasteiger partial charge in [0.2, 0.25) is 0 Å². The van der Waals surface area contributed by atoms with Gasteiger partial charge in [-0.2, -0.15) is 5.10 Å². The van der Waals surface area contributed by atoms with Crippen LogP contribution in [0.3, 0.4) is 0 Å². The highest BCUT2D eigenvalue weighted by atomic mass is 16.2. The molecule has 0 saturated heterocycles. The lowest BCUT2D eigenvalue weighted by Crippen LogP contribution is -2.42. The molecule has 1 aliphatic rings. The number of fused-ring (bicyclic) bond motifs is 4. The van der Waals surface area contributed by atoms with Crippen molar-refractivity contribution in [1.29, 1.82) is 0 Å². The minimum Gasteiger partial charge on any atom is -0.341 e. The number of anilines is 2. The molecule has 0 radical (unpaired) electrons. The lowest BCUT2D eigenvalue weighted by atomic mass is 9.81. The monoisotopic (exact) mass is 373 g/mol. The number of nitrogens with zero attached hydrogens (tertiary/aromatic N) is 3. The standard InChI is InChI=1S/C21H19N5O2/c1-11-4-6-12(7-5-11)16-17-13-10-22-24-14(13)8-9-15(17)23-19-18(16)20(27)26(3)21(28)25(19)2/h4-10,16,23H,1-3H3,(H,22,24). The second-order valence-electron chi connectivity index (χ2n) is 7.29. The van der Waals surface area contributed by atoms with Crippen molar-refractivity contribution in [2.24, 2.45) is 14.1 Å². The normalized spacial score (nSPS) is 15.2. The Bertz CT molecular complexity index is 1360. The van der Waals surface area contributed by atoms with E-state index in [-0.39, 0.29) is 17.2 Å². The molecule has 0 amide bonds. The van der Waals surface area contributed by atoms with Crippen LogP contribution in [0, 0.1) is 6.92 Å². The van der Waals surface area contributed by atoms with Gasteiger partial charge in [-0.05, 0) is 30.2 Å². The smallest absolute Gasteiger partial charge is 0.332 e. The summed E-state index contributed by atoms with van der Waals surface area (Å²) < 4.78 is 2.67. The van der Waals surface area contributed by atoms with Crippen molar-refractivity contribution in [2.75, 3.05) is 5.32 Å². The van der Waals surface area contributed by atoms with E-state index in [0.717, 1.165) is 33.3 Å². The highest BCUT2D eigenvalue weighted by Crippen LogP contribution is 2.45. The number of rotatable bonds is 1. The third-order valence-corrected chi connectivity index (χ3v) is 5.61. The zero-order valence-corrected chi connectivity index (χ0v) is 15.8. The van der Waals surface area contributed by atoms with Crippen LogP contribution in [0.1, 0.15) is 28.2 Å². The average molecular weight is 373 g/mol. The fraction of sp³-hybridized carbons (Fsp3) is 0.190. The minimum atomic E-state index is -0.355. The van der Waals surface area contributed by atoms with E-state index < -0.39 is 0 Å². The maximum Gasteiger partial charge on any atom is 0.332 e. The molecule has 0 spiro atoms. The quantitative estimate of drug-likeness (QED) is 0.473. The molecule has 2 N–H and O–H groups in total. The van der Waals surface area contributed by atoms with Crippen LogP contribution < -0.4 is 16.6 Å². The van der Waals surface area contributed by atoms with E-state index in [1.807, 2.05) is 43.3 Å². The van der Waals surface area contributed by atoms with Crippen LogP contribution in [0.2, 0.25) is 0 Å². The van der Waals surface area contributed by atoms with Crippen molar-refractivity contribution in [2.45, 2.75) is 12.8 Å². The largest absolute Gasteiger partial charge is 0.341 e. The second-order valence-corrected chi connectivity index (χ2v) is 7.29. The molecule has 140 valence electrons. The van der Waals surface area contributed by atoms with Gasteiger partial charge >= 0.3 is 5.69 Å². The SMILES string of the molecule is Cc1ccc(C2c3c(n(C)c(=O)n(C)c3=O)Nc3ccc4[nH]ncc4c32)cc1. The molecule has 1 aliphatic heterocycles. The van der Waals surface area contributed by atoms with E-state index in [2.05, 4.69) is 15.5 Å². The number of hydrogen-bond acceptors (Lipinski definition) is 4. The van der Waals surface area contributed by atoms with Gasteiger partial charge in [-0.1, -0.05) is 29.8 Å². The van der Waals surface area contributed by atoms with Crippen molar-refractivity contribution in [3.05, 3.63) is 85.7 Å². The highest BCUT2D eigenvalue weighted by Gasteiger charge is 2.34. The molecule has 0 saturated carbocycles. The van der Waals surface area contributed by atoms with Gasteiger partial charge in [-0.25, -0.2) is 4.79 Å². The predicted molar refractivity (Wildman–Crippen MR) is 108 cm³/mol. The first-order chi connectivity index (χ1) is 13.5. The van der Waals surface area contributed by atoms with Crippen LogP contribution in [0.5, 0.6) is 0 Å². The molecule has 4 aromatic rings. The third kappa shape index (κ3) is 2.13. The summed E-state index contributed by atoms with van der Waals surface area (Å²) in [5, 5.41) is 11.5. The van der Waals surface area contributed by atoms with Gasteiger partial charge in [-0.15, -0.1) is 0 Å². The number of benzene rings is 2. The molecule has 2 aromatic carbocycles. The summed E-state index contributed by atoms with van der Waals surface area (Å²) in [4.78, 5) is 25.7. The molecule has 3 heterocycles. The van der Waals surface area contributed by atoms with Crippen LogP contribution in [-0.4, -0.2) is 19.3 Å². The summed E-state index contributed by atoms with van der Waals surface area (Å²) in [6, 6.07) is 12.1. The van der Waals surface area contributed by atoms with Gasteiger partial charge < -0.3 is 5.32 Å². The topological polar surface area (TPSA) is 84.7 Å². The molecule has 7 heteroatoms. The summed E-state index contributed by atoms with van der Waals surface area (Å²) in [7, 11) is 3.20. The van der Waals surface area contributed by atoms with E-state index in [1.165, 1.54) is 16.2 Å². The first-order valence-corrected chi connectivity index (χ1v) is 9.07. The number of H-pyrrole nitrogens is 1. The zero-order valence-electron chi connectivity index (χ0n) is 15.8. The second kappa shape index (κ2) is 5.69. The Hall–Kier alpha value is -3.61. The van der Waals surface area contributed by atoms with Crippen LogP contribution >= 0.6 is 0 Å². The summed E-state index contributed by atoms with van der Waals surface area (Å²) in [6.45, 7) is 2.03. The molecular formula is C21H19N5O2. The molecule has 0 aliphatic carbocycles. The minimum absolute atomic E-state index is 0.290. The van der Waals surface area contributed by atoms with Crippen LogP contribution in [0.25, 0.3) is 10.9 Å². The Labute approximate surface area is 160 Å². The molecule has 1 atom stereocenters. The Kier molecular flexibility index (Phi) is 3.37. The maximum absolute atomic E-state index is 13.2. The number of aryl methyl sites for hydroxylation is 1. The van der Waals surface area contributed by atoms with Crippen molar-refractivity contribution in [1.82, 2.24) is 19.3 Å². The van der Waals surface area contributed by atoms with Crippen molar-refractivity contribution >= 4 is 22.4 Å². The average Bonchev–Trinajstić information content (AvgIpc) is 3.19. The van der Waals surface area contributed by atoms with Crippen LogP contribution in [0.15, 0.2) is 52.2 Å². The van der Waals surface area contributed by atoms with E-state index in [9.17, 15) is 9.59 Å². The third-order valence-electron chi connectivity index (χ3n) is 5.61. The van der Waals surface area contributed by atoms with Gasteiger partial charge in [0.25, 0.3) is 5.56 Å². The number of nitrogens with one attached hydrogen (secondary N) is 2. The predicted octanol–water partition coefficient (Wildman–Crippen LogP) is 2.51. The van der Waals surface area contributed by atoms with Crippen molar-refractivity contribution < 1.29 is 0 Å². The van der Waals surface area contributed by atoms with E-state index >= 15 is 0 Å². The van der Waals surface area contributed by atoms with E-state index in [0.29, 0.717) is 11.4 Å². The van der Waals surface area contributed by atoms with Crippen molar-refractivity contribution in [3.63, 3.8) is 0 Å². The van der Waals surface area contributed by atoms with Gasteiger partial charge in [0, 0.05) is 31.1 Å². The van der Waals surface area contributed by atoms with E-state index in [1.54, 1.807) is 13.2 Å². The van der Waals surface area contributed by atoms with Gasteiger partial charge in [0.15, 0.2) is 0 Å². The van der Waals surface area contributed by atoms with Crippen LogP contribution in [-0.2, 0) is 14.1 Å². The fourth-order valence-corrected chi connectivity index (χ4v) is 4.11. The Morgan fingerprint density at radius 3 is 2.46 bits per heavy atom. The molecule has 1 unspecified atom stereocenters. The molecule has 0 fully saturated rings. The van der Waals surface area contributed by atoms with E-state index in [4.69, 9.17) is 0 Å². The molecule has 28 heavy (non-hydrogen) atoms. The van der Waals surface area contributed by atoms with Gasteiger partial charge in [0.1, 0.15) is 5.82 Å². The Morgan fingerprint density at radius 2 is 1.71 bits per heavy atom. The first kappa shape index (κ1) is 16.6. The first-order valence-electron chi connectivity index (χ1n) is 9.07. The van der Waals surface area contributed by atoms with Gasteiger partial charge in [0.05, 0.1) is 17.3 Å². The lowest BCUT2D eigenvalue weighted by Gasteiger charge is -2.31. The maximum atomic E-state index is 13.2. The lowest BCUT2D eigenvalue weighted by molar-refractivity contribution is 0.668. The fourth-order valence-electron chi connectivity index (χ4n) is 4.11. The van der Waals surface area contributed by atoms with Crippen molar-refractivity contribution in [3.8, 4) is 0 Å². The summed E-state index contributed by atoms with van der Waals surface area (Å²) >= 11 is 0. The summed E-state index contributed by atoms with van der Waals surface area (Å²) in [5.74, 6) is 0.229. The summed E-state index contributed by atoms with van der Waals surface area (Å²) in [5.41, 5.74) is 4.83. The number of aromatic amines is 1. The highest BCUT2D eigenvalue weighted by molar-refractivity contribution is 5.92. The Morgan fingerprint density at radius 1 is 0.964 bits per heavy atom. The number of aromatic nitrogens is 4.